The number of benzene rings is 1. The number of hydrogen-bond donors (Lipinski definition) is 2. The molecule has 1 rings (SSSR count). The lowest BCUT2D eigenvalue weighted by Gasteiger charge is -2.17. The quantitative estimate of drug-likeness (QED) is 0.599. The molecule has 0 heterocycles. The average molecular weight is 293 g/mol. The molecule has 21 heavy (non-hydrogen) atoms. The Bertz CT molecular complexity index is 461. The monoisotopic (exact) mass is 293 g/mol. The second-order valence-electron chi connectivity index (χ2n) is 4.80. The molecule has 0 amide bonds. The Balaban J connectivity index is 2.66. The van der Waals surface area contributed by atoms with Crippen LogP contribution in [-0.4, -0.2) is 32.8 Å². The molecule has 0 aliphatic rings. The zero-order valence-electron chi connectivity index (χ0n) is 13.7. The maximum Gasteiger partial charge on any atom is 0.191 e. The molecule has 0 spiro atoms. The van der Waals surface area contributed by atoms with E-state index >= 15 is 0 Å². The third-order valence-electron chi connectivity index (χ3n) is 3.21. The summed E-state index contributed by atoms with van der Waals surface area (Å²) in [5.74, 6) is 2.32. The van der Waals surface area contributed by atoms with Gasteiger partial charge in [-0.3, -0.25) is 4.99 Å². The molecule has 0 radical (unpaired) electrons. The van der Waals surface area contributed by atoms with E-state index in [2.05, 4.69) is 29.5 Å². The van der Waals surface area contributed by atoms with Crippen LogP contribution in [0.4, 0.5) is 0 Å². The van der Waals surface area contributed by atoms with Crippen molar-refractivity contribution in [3.8, 4) is 11.5 Å². The van der Waals surface area contributed by atoms with Crippen LogP contribution in [0.3, 0.4) is 0 Å². The normalized spacial score (nSPS) is 12.7. The zero-order valence-corrected chi connectivity index (χ0v) is 13.7. The van der Waals surface area contributed by atoms with Crippen molar-refractivity contribution in [3.63, 3.8) is 0 Å². The molecule has 0 saturated carbocycles. The van der Waals surface area contributed by atoms with Gasteiger partial charge in [0.15, 0.2) is 17.5 Å². The molecule has 5 nitrogen and oxygen atoms in total. The van der Waals surface area contributed by atoms with E-state index in [1.165, 1.54) is 0 Å². The second-order valence-corrected chi connectivity index (χ2v) is 4.80. The van der Waals surface area contributed by atoms with Gasteiger partial charge in [0.25, 0.3) is 0 Å². The third kappa shape index (κ3) is 5.53. The first-order chi connectivity index (χ1) is 10.1. The fourth-order valence-electron chi connectivity index (χ4n) is 1.81. The van der Waals surface area contributed by atoms with Gasteiger partial charge >= 0.3 is 0 Å². The summed E-state index contributed by atoms with van der Waals surface area (Å²) >= 11 is 0. The topological polar surface area (TPSA) is 54.9 Å². The number of nitrogens with one attached hydrogen (secondary N) is 2. The highest BCUT2D eigenvalue weighted by molar-refractivity contribution is 5.79. The van der Waals surface area contributed by atoms with Gasteiger partial charge in [0, 0.05) is 19.6 Å². The van der Waals surface area contributed by atoms with Crippen LogP contribution in [0.15, 0.2) is 23.2 Å². The van der Waals surface area contributed by atoms with E-state index in [-0.39, 0.29) is 0 Å². The van der Waals surface area contributed by atoms with Crippen molar-refractivity contribution in [1.82, 2.24) is 10.6 Å². The van der Waals surface area contributed by atoms with Crippen LogP contribution in [0.5, 0.6) is 11.5 Å². The van der Waals surface area contributed by atoms with Crippen LogP contribution in [0.2, 0.25) is 0 Å². The van der Waals surface area contributed by atoms with Gasteiger partial charge in [0.05, 0.1) is 13.7 Å². The molecule has 0 aliphatic carbocycles. The Morgan fingerprint density at radius 2 is 2.05 bits per heavy atom. The lowest BCUT2D eigenvalue weighted by atomic mass is 10.2. The lowest BCUT2D eigenvalue weighted by Crippen LogP contribution is -2.41. The average Bonchev–Trinajstić information content (AvgIpc) is 2.52. The minimum atomic E-state index is 0.395. The highest BCUT2D eigenvalue weighted by atomic mass is 16.5. The van der Waals surface area contributed by atoms with Crippen molar-refractivity contribution in [2.75, 3.05) is 20.8 Å². The molecule has 0 bridgehead atoms. The summed E-state index contributed by atoms with van der Waals surface area (Å²) in [5, 5.41) is 6.63. The van der Waals surface area contributed by atoms with Gasteiger partial charge in [-0.15, -0.1) is 0 Å². The van der Waals surface area contributed by atoms with Crippen LogP contribution in [0.25, 0.3) is 0 Å². The first kappa shape index (κ1) is 17.1. The number of aliphatic imine (C=N–C) groups is 1. The van der Waals surface area contributed by atoms with Gasteiger partial charge in [0.2, 0.25) is 0 Å². The van der Waals surface area contributed by atoms with Crippen molar-refractivity contribution in [2.24, 2.45) is 4.99 Å². The zero-order chi connectivity index (χ0) is 15.7. The summed E-state index contributed by atoms with van der Waals surface area (Å²) in [6.07, 6.45) is 1.05. The molecule has 1 aromatic carbocycles. The molecular formula is C16H27N3O2. The van der Waals surface area contributed by atoms with Crippen LogP contribution in [0, 0.1) is 0 Å². The predicted molar refractivity (Wildman–Crippen MR) is 87.3 cm³/mol. The predicted octanol–water partition coefficient (Wildman–Crippen LogP) is 2.56. The number of guanidine groups is 1. The number of methoxy groups -OCH3 is 1. The van der Waals surface area contributed by atoms with E-state index in [9.17, 15) is 0 Å². The molecule has 2 N–H and O–H groups in total. The number of nitrogens with zero attached hydrogens (tertiary/aromatic N) is 1. The van der Waals surface area contributed by atoms with Crippen LogP contribution >= 0.6 is 0 Å². The maximum absolute atomic E-state index is 5.52. The van der Waals surface area contributed by atoms with E-state index in [1.54, 1.807) is 14.2 Å². The van der Waals surface area contributed by atoms with Crippen LogP contribution in [-0.2, 0) is 6.54 Å². The number of rotatable bonds is 7. The summed E-state index contributed by atoms with van der Waals surface area (Å²) in [6.45, 7) is 7.53. The highest BCUT2D eigenvalue weighted by Crippen LogP contribution is 2.27. The summed E-state index contributed by atoms with van der Waals surface area (Å²) < 4.78 is 10.9. The SMILES string of the molecule is CCOc1ccc(CNC(=NC)NC(C)CC)cc1OC. The third-order valence-corrected chi connectivity index (χ3v) is 3.21. The minimum Gasteiger partial charge on any atom is -0.493 e. The van der Waals surface area contributed by atoms with Gasteiger partial charge in [-0.05, 0) is 38.0 Å². The molecular weight excluding hydrogens is 266 g/mol. The Labute approximate surface area is 127 Å². The van der Waals surface area contributed by atoms with Crippen molar-refractivity contribution < 1.29 is 9.47 Å². The van der Waals surface area contributed by atoms with Crippen molar-refractivity contribution >= 4 is 5.96 Å². The van der Waals surface area contributed by atoms with E-state index in [1.807, 2.05) is 25.1 Å². The van der Waals surface area contributed by atoms with E-state index in [4.69, 9.17) is 9.47 Å². The molecule has 0 aliphatic heterocycles. The van der Waals surface area contributed by atoms with E-state index < -0.39 is 0 Å². The Morgan fingerprint density at radius 1 is 1.29 bits per heavy atom. The van der Waals surface area contributed by atoms with Gasteiger partial charge in [-0.25, -0.2) is 0 Å². The largest absolute Gasteiger partial charge is 0.493 e. The fraction of sp³-hybridized carbons (Fsp3) is 0.562. The van der Waals surface area contributed by atoms with Gasteiger partial charge in [-0.1, -0.05) is 13.0 Å². The van der Waals surface area contributed by atoms with Gasteiger partial charge in [0.1, 0.15) is 0 Å². The summed E-state index contributed by atoms with van der Waals surface area (Å²) in [6, 6.07) is 6.33. The first-order valence-electron chi connectivity index (χ1n) is 7.41. The number of hydrogen-bond acceptors (Lipinski definition) is 3. The minimum absolute atomic E-state index is 0.395. The Kier molecular flexibility index (Phi) is 7.43. The molecule has 0 aromatic heterocycles. The summed E-state index contributed by atoms with van der Waals surface area (Å²) in [7, 11) is 3.43. The van der Waals surface area contributed by atoms with Gasteiger partial charge in [-0.2, -0.15) is 0 Å². The smallest absolute Gasteiger partial charge is 0.191 e. The van der Waals surface area contributed by atoms with Crippen LogP contribution in [0.1, 0.15) is 32.8 Å². The molecule has 1 aromatic rings. The van der Waals surface area contributed by atoms with Crippen molar-refractivity contribution in [3.05, 3.63) is 23.8 Å². The lowest BCUT2D eigenvalue weighted by molar-refractivity contribution is 0.310. The second kappa shape index (κ2) is 9.10. The van der Waals surface area contributed by atoms with E-state index in [0.717, 1.165) is 29.4 Å². The molecule has 0 fully saturated rings. The summed E-state index contributed by atoms with van der Waals surface area (Å²) in [4.78, 5) is 4.22. The van der Waals surface area contributed by atoms with E-state index in [0.29, 0.717) is 19.2 Å². The highest BCUT2D eigenvalue weighted by Gasteiger charge is 2.07. The molecule has 1 atom stereocenters. The first-order valence-corrected chi connectivity index (χ1v) is 7.41. The Morgan fingerprint density at radius 3 is 2.62 bits per heavy atom. The molecule has 5 heteroatoms. The molecule has 0 saturated heterocycles. The standard InChI is InChI=1S/C16H27N3O2/c1-6-12(3)19-16(17-4)18-11-13-8-9-14(21-7-2)15(10-13)20-5/h8-10,12H,6-7,11H2,1-5H3,(H2,17,18,19). The molecule has 118 valence electrons. The number of ether oxygens (including phenoxy) is 2. The van der Waals surface area contributed by atoms with Crippen LogP contribution < -0.4 is 20.1 Å². The molecule has 1 unspecified atom stereocenters. The summed E-state index contributed by atoms with van der Waals surface area (Å²) in [5.41, 5.74) is 1.11. The maximum atomic E-state index is 5.52. The van der Waals surface area contributed by atoms with Crippen molar-refractivity contribution in [1.29, 1.82) is 0 Å². The fourth-order valence-corrected chi connectivity index (χ4v) is 1.81. The van der Waals surface area contributed by atoms with Gasteiger partial charge < -0.3 is 20.1 Å². The Hall–Kier alpha value is -1.91. The van der Waals surface area contributed by atoms with Crippen molar-refractivity contribution in [2.45, 2.75) is 39.8 Å².